The Balaban J connectivity index is 2.49. The molecule has 2 atom stereocenters. The van der Waals surface area contributed by atoms with Crippen molar-refractivity contribution >= 4 is 10.0 Å². The molecule has 0 spiro atoms. The van der Waals surface area contributed by atoms with E-state index < -0.39 is 16.1 Å². The molecule has 0 aromatic carbocycles. The van der Waals surface area contributed by atoms with Gasteiger partial charge >= 0.3 is 0 Å². The molecule has 0 amide bonds. The van der Waals surface area contributed by atoms with Gasteiger partial charge in [-0.3, -0.25) is 0 Å². The van der Waals surface area contributed by atoms with Crippen molar-refractivity contribution in [1.82, 2.24) is 9.62 Å². The third-order valence-electron chi connectivity index (χ3n) is 3.84. The van der Waals surface area contributed by atoms with Crippen LogP contribution in [0, 0.1) is 5.92 Å². The first-order chi connectivity index (χ1) is 8.13. The van der Waals surface area contributed by atoms with Crippen LogP contribution in [0.3, 0.4) is 0 Å². The van der Waals surface area contributed by atoms with Gasteiger partial charge in [0.25, 0.3) is 0 Å². The summed E-state index contributed by atoms with van der Waals surface area (Å²) in [4.78, 5) is 0. The summed E-state index contributed by atoms with van der Waals surface area (Å²) in [5.74, 6) is 0.325. The van der Waals surface area contributed by atoms with Gasteiger partial charge in [0.2, 0.25) is 10.0 Å². The van der Waals surface area contributed by atoms with E-state index in [4.69, 9.17) is 0 Å². The second-order valence-corrected chi connectivity index (χ2v) is 7.89. The average Bonchev–Trinajstić information content (AvgIpc) is 2.25. The number of aliphatic hydroxyl groups is 1. The standard InChI is InChI=1S/C12H26N2O3S/c1-10(15)12(2,3)13-8-11-6-5-7-14(9-11)18(4,16)17/h10-11,13,15H,5-9H2,1-4H3. The molecule has 1 aliphatic heterocycles. The van der Waals surface area contributed by atoms with Crippen LogP contribution >= 0.6 is 0 Å². The zero-order valence-corrected chi connectivity index (χ0v) is 12.6. The van der Waals surface area contributed by atoms with Crippen molar-refractivity contribution in [2.24, 2.45) is 5.92 Å². The van der Waals surface area contributed by atoms with Crippen LogP contribution in [0.4, 0.5) is 0 Å². The summed E-state index contributed by atoms with van der Waals surface area (Å²) >= 11 is 0. The molecule has 18 heavy (non-hydrogen) atoms. The quantitative estimate of drug-likeness (QED) is 0.764. The second-order valence-electron chi connectivity index (χ2n) is 5.91. The van der Waals surface area contributed by atoms with Gasteiger partial charge in [-0.25, -0.2) is 12.7 Å². The minimum atomic E-state index is -3.07. The van der Waals surface area contributed by atoms with Crippen LogP contribution in [0.1, 0.15) is 33.6 Å². The third kappa shape index (κ3) is 4.50. The summed E-state index contributed by atoms with van der Waals surface area (Å²) < 4.78 is 24.6. The van der Waals surface area contributed by atoms with E-state index in [-0.39, 0.29) is 5.54 Å². The number of piperidine rings is 1. The Morgan fingerprint density at radius 3 is 2.61 bits per heavy atom. The number of hydrogen-bond acceptors (Lipinski definition) is 4. The predicted molar refractivity (Wildman–Crippen MR) is 72.9 cm³/mol. The second kappa shape index (κ2) is 5.86. The van der Waals surface area contributed by atoms with E-state index in [1.54, 1.807) is 11.2 Å². The molecule has 5 nitrogen and oxygen atoms in total. The Morgan fingerprint density at radius 1 is 1.50 bits per heavy atom. The van der Waals surface area contributed by atoms with Crippen molar-refractivity contribution in [3.63, 3.8) is 0 Å². The highest BCUT2D eigenvalue weighted by Gasteiger charge is 2.28. The van der Waals surface area contributed by atoms with E-state index >= 15 is 0 Å². The molecule has 0 aliphatic carbocycles. The average molecular weight is 278 g/mol. The maximum absolute atomic E-state index is 11.5. The normalized spacial score (nSPS) is 25.1. The molecule has 1 saturated heterocycles. The minimum absolute atomic E-state index is 0.325. The lowest BCUT2D eigenvalue weighted by atomic mass is 9.95. The maximum atomic E-state index is 11.5. The van der Waals surface area contributed by atoms with Crippen LogP contribution in [0.15, 0.2) is 0 Å². The topological polar surface area (TPSA) is 69.6 Å². The number of aliphatic hydroxyl groups excluding tert-OH is 1. The lowest BCUT2D eigenvalue weighted by molar-refractivity contribution is 0.0906. The van der Waals surface area contributed by atoms with Gasteiger partial charge in [-0.1, -0.05) is 0 Å². The molecule has 1 heterocycles. The van der Waals surface area contributed by atoms with Gasteiger partial charge in [0.1, 0.15) is 0 Å². The molecule has 1 fully saturated rings. The summed E-state index contributed by atoms with van der Waals surface area (Å²) in [6.07, 6.45) is 2.78. The largest absolute Gasteiger partial charge is 0.392 e. The Labute approximate surface area is 111 Å². The van der Waals surface area contributed by atoms with Gasteiger partial charge < -0.3 is 10.4 Å². The van der Waals surface area contributed by atoms with Gasteiger partial charge in [0, 0.05) is 18.6 Å². The summed E-state index contributed by atoms with van der Waals surface area (Å²) in [5, 5.41) is 13.0. The van der Waals surface area contributed by atoms with Gasteiger partial charge in [-0.15, -0.1) is 0 Å². The van der Waals surface area contributed by atoms with Crippen LogP contribution in [-0.2, 0) is 10.0 Å². The number of nitrogens with one attached hydrogen (secondary N) is 1. The van der Waals surface area contributed by atoms with Crippen LogP contribution < -0.4 is 5.32 Å². The smallest absolute Gasteiger partial charge is 0.211 e. The highest BCUT2D eigenvalue weighted by atomic mass is 32.2. The predicted octanol–water partition coefficient (Wildman–Crippen LogP) is 0.407. The molecule has 0 aromatic rings. The molecule has 0 saturated carbocycles. The summed E-state index contributed by atoms with van der Waals surface area (Å²) in [7, 11) is -3.07. The third-order valence-corrected chi connectivity index (χ3v) is 5.11. The van der Waals surface area contributed by atoms with Crippen molar-refractivity contribution in [2.45, 2.75) is 45.3 Å². The molecule has 0 radical (unpaired) electrons. The molecular weight excluding hydrogens is 252 g/mol. The SMILES string of the molecule is CC(O)C(C)(C)NCC1CCCN(S(C)(=O)=O)C1. The first kappa shape index (κ1) is 15.9. The zero-order valence-electron chi connectivity index (χ0n) is 11.8. The highest BCUT2D eigenvalue weighted by molar-refractivity contribution is 7.88. The zero-order chi connectivity index (χ0) is 14.0. The minimum Gasteiger partial charge on any atom is -0.392 e. The fraction of sp³-hybridized carbons (Fsp3) is 1.00. The van der Waals surface area contributed by atoms with E-state index in [1.807, 2.05) is 13.8 Å². The molecule has 2 N–H and O–H groups in total. The molecular formula is C12H26N2O3S. The Kier molecular flexibility index (Phi) is 5.17. The van der Waals surface area contributed by atoms with E-state index in [0.717, 1.165) is 19.4 Å². The Bertz CT molecular complexity index is 366. The molecule has 108 valence electrons. The summed E-state index contributed by atoms with van der Waals surface area (Å²) in [6, 6.07) is 0. The van der Waals surface area contributed by atoms with Crippen molar-refractivity contribution in [2.75, 3.05) is 25.9 Å². The Hall–Kier alpha value is -0.170. The van der Waals surface area contributed by atoms with Gasteiger partial charge in [-0.2, -0.15) is 0 Å². The molecule has 1 aliphatic rings. The first-order valence-electron chi connectivity index (χ1n) is 6.51. The number of nitrogens with zero attached hydrogens (tertiary/aromatic N) is 1. The lowest BCUT2D eigenvalue weighted by Gasteiger charge is -2.35. The number of rotatable bonds is 5. The van der Waals surface area contributed by atoms with Crippen LogP contribution in [0.2, 0.25) is 0 Å². The molecule has 1 rings (SSSR count). The van der Waals surface area contributed by atoms with Crippen molar-refractivity contribution in [3.05, 3.63) is 0 Å². The van der Waals surface area contributed by atoms with E-state index in [0.29, 0.717) is 19.0 Å². The molecule has 2 unspecified atom stereocenters. The molecule has 0 bridgehead atoms. The van der Waals surface area contributed by atoms with Crippen LogP contribution in [0.5, 0.6) is 0 Å². The summed E-state index contributed by atoms with van der Waals surface area (Å²) in [5.41, 5.74) is -0.340. The van der Waals surface area contributed by atoms with E-state index in [2.05, 4.69) is 5.32 Å². The molecule has 6 heteroatoms. The first-order valence-corrected chi connectivity index (χ1v) is 8.36. The fourth-order valence-electron chi connectivity index (χ4n) is 2.05. The number of hydrogen-bond donors (Lipinski definition) is 2. The maximum Gasteiger partial charge on any atom is 0.211 e. The lowest BCUT2D eigenvalue weighted by Crippen LogP contribution is -2.51. The van der Waals surface area contributed by atoms with E-state index in [9.17, 15) is 13.5 Å². The monoisotopic (exact) mass is 278 g/mol. The fourth-order valence-corrected chi connectivity index (χ4v) is 2.99. The van der Waals surface area contributed by atoms with Gasteiger partial charge in [-0.05, 0) is 46.1 Å². The summed E-state index contributed by atoms with van der Waals surface area (Å²) in [6.45, 7) is 7.63. The Morgan fingerprint density at radius 2 is 2.11 bits per heavy atom. The van der Waals surface area contributed by atoms with Crippen molar-refractivity contribution in [1.29, 1.82) is 0 Å². The van der Waals surface area contributed by atoms with Crippen LogP contribution in [-0.4, -0.2) is 55.4 Å². The van der Waals surface area contributed by atoms with Gasteiger partial charge in [0.15, 0.2) is 0 Å². The van der Waals surface area contributed by atoms with Crippen LogP contribution in [0.25, 0.3) is 0 Å². The highest BCUT2D eigenvalue weighted by Crippen LogP contribution is 2.19. The van der Waals surface area contributed by atoms with E-state index in [1.165, 1.54) is 6.26 Å². The van der Waals surface area contributed by atoms with Crippen molar-refractivity contribution < 1.29 is 13.5 Å². The number of sulfonamides is 1. The van der Waals surface area contributed by atoms with Gasteiger partial charge in [0.05, 0.1) is 12.4 Å². The molecule has 0 aromatic heterocycles. The van der Waals surface area contributed by atoms with Crippen molar-refractivity contribution in [3.8, 4) is 0 Å².